The number of amides is 1. The van der Waals surface area contributed by atoms with Crippen LogP contribution in [0, 0.1) is 0 Å². The van der Waals surface area contributed by atoms with Gasteiger partial charge in [0, 0.05) is 11.5 Å². The van der Waals surface area contributed by atoms with E-state index in [1.165, 1.54) is 4.90 Å². The van der Waals surface area contributed by atoms with Gasteiger partial charge >= 0.3 is 6.09 Å². The summed E-state index contributed by atoms with van der Waals surface area (Å²) < 4.78 is 32.7. The van der Waals surface area contributed by atoms with E-state index in [-0.39, 0.29) is 6.54 Å². The average Bonchev–Trinajstić information content (AvgIpc) is 2.27. The molecule has 1 aliphatic rings. The molecule has 0 N–H and O–H groups in total. The summed E-state index contributed by atoms with van der Waals surface area (Å²) in [5.41, 5.74) is 7.86. The van der Waals surface area contributed by atoms with Gasteiger partial charge in [0.25, 0.3) is 10.1 Å². The molecular weight excluding hydrogens is 300 g/mol. The molecule has 0 saturated carbocycles. The Morgan fingerprint density at radius 3 is 2.52 bits per heavy atom. The van der Waals surface area contributed by atoms with Gasteiger partial charge < -0.3 is 9.64 Å². The zero-order valence-electron chi connectivity index (χ0n) is 12.5. The molecule has 1 heterocycles. The van der Waals surface area contributed by atoms with Crippen LogP contribution in [0.25, 0.3) is 10.4 Å². The quantitative estimate of drug-likeness (QED) is 0.338. The van der Waals surface area contributed by atoms with Crippen molar-refractivity contribution in [2.45, 2.75) is 44.9 Å². The molecule has 1 fully saturated rings. The zero-order chi connectivity index (χ0) is 16.3. The van der Waals surface area contributed by atoms with Crippen LogP contribution < -0.4 is 0 Å². The van der Waals surface area contributed by atoms with Crippen LogP contribution in [0.3, 0.4) is 0 Å². The molecule has 1 aliphatic heterocycles. The number of likely N-dealkylation sites (tertiary alicyclic amines) is 1. The lowest BCUT2D eigenvalue weighted by molar-refractivity contribution is 0.00507. The summed E-state index contributed by atoms with van der Waals surface area (Å²) in [5.74, 6) is 0. The number of hydrogen-bond donors (Lipinski definition) is 0. The molecule has 9 nitrogen and oxygen atoms in total. The molecule has 1 rings (SSSR count). The Morgan fingerprint density at radius 1 is 1.43 bits per heavy atom. The number of rotatable bonds is 3. The number of carbonyl (C=O) groups excluding carboxylic acids is 1. The van der Waals surface area contributed by atoms with Gasteiger partial charge in [-0.2, -0.15) is 8.42 Å². The van der Waals surface area contributed by atoms with Crippen molar-refractivity contribution >= 4 is 16.2 Å². The van der Waals surface area contributed by atoms with Crippen molar-refractivity contribution in [3.05, 3.63) is 10.4 Å². The predicted molar refractivity (Wildman–Crippen MR) is 75.1 cm³/mol. The summed E-state index contributed by atoms with van der Waals surface area (Å²) in [4.78, 5) is 16.0. The Balaban J connectivity index is 2.81. The van der Waals surface area contributed by atoms with Crippen LogP contribution in [0.1, 0.15) is 27.2 Å². The normalized spacial score (nSPS) is 23.3. The van der Waals surface area contributed by atoms with Gasteiger partial charge in [0.15, 0.2) is 0 Å². The number of piperidine rings is 1. The van der Waals surface area contributed by atoms with Crippen molar-refractivity contribution < 1.29 is 22.1 Å². The highest BCUT2D eigenvalue weighted by Gasteiger charge is 2.35. The highest BCUT2D eigenvalue weighted by molar-refractivity contribution is 7.86. The van der Waals surface area contributed by atoms with Gasteiger partial charge in [-0.05, 0) is 32.7 Å². The molecule has 0 unspecified atom stereocenters. The Morgan fingerprint density at radius 2 is 2.05 bits per heavy atom. The second kappa shape index (κ2) is 6.50. The van der Waals surface area contributed by atoms with Gasteiger partial charge in [-0.25, -0.2) is 4.79 Å². The maximum Gasteiger partial charge on any atom is 0.410 e. The van der Waals surface area contributed by atoms with E-state index in [0.717, 1.165) is 6.26 Å². The van der Waals surface area contributed by atoms with E-state index in [0.29, 0.717) is 13.0 Å². The summed E-state index contributed by atoms with van der Waals surface area (Å²) in [6.45, 7) is 5.51. The maximum absolute atomic E-state index is 12.0. The van der Waals surface area contributed by atoms with Crippen LogP contribution in [0.5, 0.6) is 0 Å². The first-order valence-electron chi connectivity index (χ1n) is 6.42. The molecule has 1 saturated heterocycles. The zero-order valence-corrected chi connectivity index (χ0v) is 13.3. The largest absolute Gasteiger partial charge is 0.444 e. The molecule has 10 heteroatoms. The summed E-state index contributed by atoms with van der Waals surface area (Å²) in [6.07, 6.45) is -0.239. The summed E-state index contributed by atoms with van der Waals surface area (Å²) in [5, 5.41) is 3.53. The van der Waals surface area contributed by atoms with Crippen molar-refractivity contribution in [1.29, 1.82) is 0 Å². The Hall–Kier alpha value is -1.51. The van der Waals surface area contributed by atoms with Crippen molar-refractivity contribution in [3.8, 4) is 0 Å². The van der Waals surface area contributed by atoms with Gasteiger partial charge in [0.1, 0.15) is 11.7 Å². The van der Waals surface area contributed by atoms with E-state index in [1.807, 2.05) is 0 Å². The fourth-order valence-corrected chi connectivity index (χ4v) is 2.55. The molecule has 0 aliphatic carbocycles. The lowest BCUT2D eigenvalue weighted by atomic mass is 10.0. The summed E-state index contributed by atoms with van der Waals surface area (Å²) >= 11 is 0. The van der Waals surface area contributed by atoms with Crippen molar-refractivity contribution in [2.24, 2.45) is 5.11 Å². The van der Waals surface area contributed by atoms with E-state index in [9.17, 15) is 13.2 Å². The van der Waals surface area contributed by atoms with Crippen LogP contribution in [-0.4, -0.2) is 56.5 Å². The van der Waals surface area contributed by atoms with Crippen molar-refractivity contribution in [2.75, 3.05) is 19.3 Å². The van der Waals surface area contributed by atoms with Gasteiger partial charge in [-0.3, -0.25) is 4.18 Å². The number of azide groups is 1. The lowest BCUT2D eigenvalue weighted by Crippen LogP contribution is -2.51. The summed E-state index contributed by atoms with van der Waals surface area (Å²) in [6, 6.07) is -0.636. The second-order valence-corrected chi connectivity index (χ2v) is 7.43. The van der Waals surface area contributed by atoms with Gasteiger partial charge in [-0.15, -0.1) is 0 Å². The Bertz CT molecular complexity index is 535. The van der Waals surface area contributed by atoms with Crippen LogP contribution in [0.2, 0.25) is 0 Å². The fourth-order valence-electron chi connectivity index (χ4n) is 1.91. The van der Waals surface area contributed by atoms with E-state index >= 15 is 0 Å². The molecule has 120 valence electrons. The molecule has 21 heavy (non-hydrogen) atoms. The minimum Gasteiger partial charge on any atom is -0.444 e. The third-order valence-electron chi connectivity index (χ3n) is 2.67. The van der Waals surface area contributed by atoms with Gasteiger partial charge in [0.2, 0.25) is 0 Å². The highest BCUT2D eigenvalue weighted by atomic mass is 32.2. The molecule has 0 aromatic rings. The lowest BCUT2D eigenvalue weighted by Gasteiger charge is -2.36. The molecule has 2 atom stereocenters. The van der Waals surface area contributed by atoms with Gasteiger partial charge in [0.05, 0.1) is 18.8 Å². The molecule has 0 aromatic carbocycles. The molecular formula is C11H20N4O5S. The number of carbonyl (C=O) groups is 1. The smallest absolute Gasteiger partial charge is 0.410 e. The highest BCUT2D eigenvalue weighted by Crippen LogP contribution is 2.21. The van der Waals surface area contributed by atoms with Gasteiger partial charge in [-0.1, -0.05) is 5.11 Å². The minimum absolute atomic E-state index is 0.00826. The average molecular weight is 320 g/mol. The standard InChI is InChI=1S/C11H20N4O5S/c1-11(2,3)19-10(16)15-6-5-8(13-14-12)9(7-15)20-21(4,17)18/h8-9H,5-7H2,1-4H3/t8-,9-/m1/s1. The maximum atomic E-state index is 12.0. The first-order chi connectivity index (χ1) is 9.52. The number of hydrogen-bond acceptors (Lipinski definition) is 6. The molecule has 0 bridgehead atoms. The van der Waals surface area contributed by atoms with Crippen molar-refractivity contribution in [3.63, 3.8) is 0 Å². The molecule has 0 spiro atoms. The van der Waals surface area contributed by atoms with Crippen LogP contribution in [-0.2, 0) is 19.0 Å². The van der Waals surface area contributed by atoms with E-state index in [1.54, 1.807) is 20.8 Å². The molecule has 0 aromatic heterocycles. The SMILES string of the molecule is CC(C)(C)OC(=O)N1CC[C@@H](N=[N+]=[N-])[C@H](OS(C)(=O)=O)C1. The van der Waals surface area contributed by atoms with E-state index < -0.39 is 34.0 Å². The summed E-state index contributed by atoms with van der Waals surface area (Å²) in [7, 11) is -3.72. The topological polar surface area (TPSA) is 122 Å². The monoisotopic (exact) mass is 320 g/mol. The number of ether oxygens (including phenoxy) is 1. The Labute approximate surface area is 123 Å². The third kappa shape index (κ3) is 6.19. The minimum atomic E-state index is -3.72. The van der Waals surface area contributed by atoms with E-state index in [4.69, 9.17) is 14.5 Å². The first-order valence-corrected chi connectivity index (χ1v) is 8.24. The first kappa shape index (κ1) is 17.5. The van der Waals surface area contributed by atoms with Crippen LogP contribution in [0.15, 0.2) is 5.11 Å². The predicted octanol–water partition coefficient (Wildman–Crippen LogP) is 1.65. The van der Waals surface area contributed by atoms with Crippen LogP contribution >= 0.6 is 0 Å². The Kier molecular flexibility index (Phi) is 5.43. The third-order valence-corrected chi connectivity index (χ3v) is 3.27. The van der Waals surface area contributed by atoms with Crippen LogP contribution in [0.4, 0.5) is 4.79 Å². The second-order valence-electron chi connectivity index (χ2n) is 5.83. The number of nitrogens with zero attached hydrogens (tertiary/aromatic N) is 4. The fraction of sp³-hybridized carbons (Fsp3) is 0.909. The van der Waals surface area contributed by atoms with E-state index in [2.05, 4.69) is 10.0 Å². The molecule has 1 amide bonds. The van der Waals surface area contributed by atoms with Crippen molar-refractivity contribution in [1.82, 2.24) is 4.90 Å². The molecule has 0 radical (unpaired) electrons.